The lowest BCUT2D eigenvalue weighted by Gasteiger charge is -2.21. The highest BCUT2D eigenvalue weighted by Crippen LogP contribution is 2.33. The zero-order chi connectivity index (χ0) is 19.2. The van der Waals surface area contributed by atoms with Crippen molar-refractivity contribution in [3.05, 3.63) is 58.3 Å². The third-order valence-corrected chi connectivity index (χ3v) is 5.96. The van der Waals surface area contributed by atoms with Crippen LogP contribution in [-0.4, -0.2) is 31.1 Å². The standard InChI is InChI=1S/C22H26ClNO2S/c1-4-26-22-15(2)5-7-20(24-22)18(13-16-9-11-25-12-10-16)17-6-8-21(27-3)19(23)14-17/h5-8,13-14,16H,4,9-12H2,1-3H3/b18-13-. The maximum Gasteiger partial charge on any atom is 0.216 e. The molecule has 0 amide bonds. The molecule has 1 aliphatic rings. The number of hydrogen-bond acceptors (Lipinski definition) is 4. The molecule has 1 aromatic carbocycles. The van der Waals surface area contributed by atoms with Crippen molar-refractivity contribution in [2.45, 2.75) is 31.6 Å². The fourth-order valence-corrected chi connectivity index (χ4v) is 4.09. The number of nitrogens with zero attached hydrogens (tertiary/aromatic N) is 1. The summed E-state index contributed by atoms with van der Waals surface area (Å²) in [7, 11) is 0. The first-order valence-corrected chi connectivity index (χ1v) is 11.0. The Hall–Kier alpha value is -1.49. The van der Waals surface area contributed by atoms with Crippen molar-refractivity contribution in [2.24, 2.45) is 5.92 Å². The van der Waals surface area contributed by atoms with Crippen LogP contribution in [0.2, 0.25) is 5.02 Å². The number of allylic oxidation sites excluding steroid dienone is 1. The Morgan fingerprint density at radius 3 is 2.74 bits per heavy atom. The van der Waals surface area contributed by atoms with Crippen LogP contribution in [0.4, 0.5) is 0 Å². The largest absolute Gasteiger partial charge is 0.478 e. The van der Waals surface area contributed by atoms with E-state index in [1.807, 2.05) is 26.2 Å². The van der Waals surface area contributed by atoms with Gasteiger partial charge in [0, 0.05) is 29.2 Å². The number of benzene rings is 1. The van der Waals surface area contributed by atoms with Gasteiger partial charge in [0.2, 0.25) is 5.88 Å². The van der Waals surface area contributed by atoms with E-state index in [0.717, 1.165) is 58.4 Å². The number of hydrogen-bond donors (Lipinski definition) is 0. The first-order valence-electron chi connectivity index (χ1n) is 9.36. The lowest BCUT2D eigenvalue weighted by atomic mass is 9.92. The van der Waals surface area contributed by atoms with Gasteiger partial charge in [-0.15, -0.1) is 11.8 Å². The molecule has 0 spiro atoms. The van der Waals surface area contributed by atoms with Crippen LogP contribution >= 0.6 is 23.4 Å². The van der Waals surface area contributed by atoms with Crippen LogP contribution in [0.5, 0.6) is 5.88 Å². The summed E-state index contributed by atoms with van der Waals surface area (Å²) in [6.07, 6.45) is 6.44. The van der Waals surface area contributed by atoms with Crippen molar-refractivity contribution >= 4 is 28.9 Å². The Balaban J connectivity index is 2.06. The van der Waals surface area contributed by atoms with E-state index in [0.29, 0.717) is 18.4 Å². The maximum absolute atomic E-state index is 6.50. The monoisotopic (exact) mass is 403 g/mol. The molecule has 2 aromatic rings. The van der Waals surface area contributed by atoms with E-state index in [2.05, 4.69) is 30.3 Å². The maximum atomic E-state index is 6.50. The topological polar surface area (TPSA) is 31.4 Å². The summed E-state index contributed by atoms with van der Waals surface area (Å²) in [5.74, 6) is 1.17. The summed E-state index contributed by atoms with van der Waals surface area (Å²) >= 11 is 8.15. The summed E-state index contributed by atoms with van der Waals surface area (Å²) in [4.78, 5) is 5.89. The van der Waals surface area contributed by atoms with Gasteiger partial charge in [-0.05, 0) is 62.6 Å². The van der Waals surface area contributed by atoms with Crippen LogP contribution in [0, 0.1) is 12.8 Å². The van der Waals surface area contributed by atoms with Gasteiger partial charge in [-0.3, -0.25) is 0 Å². The number of aryl methyl sites for hydroxylation is 1. The number of halogens is 1. The predicted octanol–water partition coefficient (Wildman–Crippen LogP) is 6.02. The Bertz CT molecular complexity index is 816. The Kier molecular flexibility index (Phi) is 7.22. The molecular weight excluding hydrogens is 378 g/mol. The van der Waals surface area contributed by atoms with Crippen LogP contribution in [0.25, 0.3) is 5.57 Å². The SMILES string of the molecule is CCOc1nc(/C(=C\C2CCOCC2)c2ccc(SC)c(Cl)c2)ccc1C. The van der Waals surface area contributed by atoms with Gasteiger partial charge in [0.05, 0.1) is 17.3 Å². The minimum absolute atomic E-state index is 0.478. The lowest BCUT2D eigenvalue weighted by Crippen LogP contribution is -2.14. The molecule has 1 aromatic heterocycles. The third kappa shape index (κ3) is 5.07. The Morgan fingerprint density at radius 2 is 2.07 bits per heavy atom. The van der Waals surface area contributed by atoms with Gasteiger partial charge in [0.25, 0.3) is 0 Å². The number of pyridine rings is 1. The molecule has 1 saturated heterocycles. The van der Waals surface area contributed by atoms with E-state index >= 15 is 0 Å². The number of ether oxygens (including phenoxy) is 2. The van der Waals surface area contributed by atoms with Crippen LogP contribution in [0.15, 0.2) is 41.3 Å². The quantitative estimate of drug-likeness (QED) is 0.551. The van der Waals surface area contributed by atoms with Gasteiger partial charge in [0.15, 0.2) is 0 Å². The minimum Gasteiger partial charge on any atom is -0.478 e. The molecule has 0 unspecified atom stereocenters. The molecular formula is C22H26ClNO2S. The average Bonchev–Trinajstić information content (AvgIpc) is 2.69. The molecule has 0 N–H and O–H groups in total. The number of thioether (sulfide) groups is 1. The molecule has 5 heteroatoms. The molecule has 0 aliphatic carbocycles. The van der Waals surface area contributed by atoms with Crippen molar-refractivity contribution in [1.82, 2.24) is 4.98 Å². The van der Waals surface area contributed by atoms with Crippen molar-refractivity contribution in [3.8, 4) is 5.88 Å². The van der Waals surface area contributed by atoms with Gasteiger partial charge in [-0.25, -0.2) is 4.98 Å². The second kappa shape index (κ2) is 9.63. The van der Waals surface area contributed by atoms with E-state index in [4.69, 9.17) is 26.1 Å². The molecule has 2 heterocycles. The van der Waals surface area contributed by atoms with Gasteiger partial charge >= 0.3 is 0 Å². The zero-order valence-corrected chi connectivity index (χ0v) is 17.7. The summed E-state index contributed by atoms with van der Waals surface area (Å²) in [5, 5.41) is 0.773. The van der Waals surface area contributed by atoms with Crippen molar-refractivity contribution in [2.75, 3.05) is 26.1 Å². The van der Waals surface area contributed by atoms with Crippen LogP contribution < -0.4 is 4.74 Å². The van der Waals surface area contributed by atoms with Gasteiger partial charge < -0.3 is 9.47 Å². The van der Waals surface area contributed by atoms with Gasteiger partial charge in [-0.2, -0.15) is 0 Å². The minimum atomic E-state index is 0.478. The Morgan fingerprint density at radius 1 is 1.30 bits per heavy atom. The van der Waals surface area contributed by atoms with Gasteiger partial charge in [-0.1, -0.05) is 29.8 Å². The highest BCUT2D eigenvalue weighted by molar-refractivity contribution is 7.98. The zero-order valence-electron chi connectivity index (χ0n) is 16.1. The normalized spacial score (nSPS) is 15.8. The summed E-state index contributed by atoms with van der Waals surface area (Å²) in [6, 6.07) is 10.4. The summed E-state index contributed by atoms with van der Waals surface area (Å²) < 4.78 is 11.2. The molecule has 3 nitrogen and oxygen atoms in total. The van der Waals surface area contributed by atoms with E-state index in [1.54, 1.807) is 11.8 Å². The van der Waals surface area contributed by atoms with Crippen LogP contribution in [0.1, 0.15) is 36.6 Å². The molecule has 0 bridgehead atoms. The van der Waals surface area contributed by atoms with Gasteiger partial charge in [0.1, 0.15) is 0 Å². The molecule has 0 radical (unpaired) electrons. The second-order valence-corrected chi connectivity index (χ2v) is 7.89. The lowest BCUT2D eigenvalue weighted by molar-refractivity contribution is 0.0786. The molecule has 0 saturated carbocycles. The smallest absolute Gasteiger partial charge is 0.216 e. The highest BCUT2D eigenvalue weighted by atomic mass is 35.5. The summed E-state index contributed by atoms with van der Waals surface area (Å²) in [5.41, 5.74) is 4.16. The van der Waals surface area contributed by atoms with Crippen LogP contribution in [-0.2, 0) is 4.74 Å². The highest BCUT2D eigenvalue weighted by Gasteiger charge is 2.17. The second-order valence-electron chi connectivity index (χ2n) is 6.63. The average molecular weight is 404 g/mol. The fourth-order valence-electron chi connectivity index (χ4n) is 3.22. The molecule has 1 aliphatic heterocycles. The van der Waals surface area contributed by atoms with Crippen molar-refractivity contribution < 1.29 is 9.47 Å². The van der Waals surface area contributed by atoms with Crippen LogP contribution in [0.3, 0.4) is 0 Å². The van der Waals surface area contributed by atoms with Crippen molar-refractivity contribution in [1.29, 1.82) is 0 Å². The molecule has 27 heavy (non-hydrogen) atoms. The first kappa shape index (κ1) is 20.2. The molecule has 3 rings (SSSR count). The Labute approximate surface area is 171 Å². The van der Waals surface area contributed by atoms with E-state index in [-0.39, 0.29) is 0 Å². The molecule has 144 valence electrons. The molecule has 1 fully saturated rings. The number of rotatable bonds is 6. The van der Waals surface area contributed by atoms with E-state index in [9.17, 15) is 0 Å². The molecule has 0 atom stereocenters. The predicted molar refractivity (Wildman–Crippen MR) is 114 cm³/mol. The fraction of sp³-hybridized carbons (Fsp3) is 0.409. The third-order valence-electron chi connectivity index (χ3n) is 4.74. The van der Waals surface area contributed by atoms with E-state index < -0.39 is 0 Å². The summed E-state index contributed by atoms with van der Waals surface area (Å²) in [6.45, 7) is 6.23. The number of aromatic nitrogens is 1. The first-order chi connectivity index (χ1) is 13.1. The van der Waals surface area contributed by atoms with Crippen molar-refractivity contribution in [3.63, 3.8) is 0 Å². The van der Waals surface area contributed by atoms with E-state index in [1.165, 1.54) is 0 Å².